The number of nitrogens with one attached hydrogen (secondary N) is 2. The fraction of sp³-hybridized carbons (Fsp3) is 0.250. The summed E-state index contributed by atoms with van der Waals surface area (Å²) in [4.78, 5) is 35.5. The Morgan fingerprint density at radius 3 is 2.41 bits per heavy atom. The Hall–Kier alpha value is -3.96. The van der Waals surface area contributed by atoms with E-state index >= 15 is 0 Å². The number of hydrogen-bond donors (Lipinski definition) is 2. The van der Waals surface area contributed by atoms with Crippen molar-refractivity contribution in [3.8, 4) is 17.2 Å². The molecule has 1 aliphatic rings. The molecular weight excluding hydrogens is 437 g/mol. The van der Waals surface area contributed by atoms with Crippen LogP contribution in [0.1, 0.15) is 10.4 Å². The number of esters is 1. The van der Waals surface area contributed by atoms with Crippen molar-refractivity contribution in [2.45, 2.75) is 12.5 Å². The van der Waals surface area contributed by atoms with Gasteiger partial charge in [-0.05, 0) is 36.4 Å². The molecule has 0 aliphatic carbocycles. The lowest BCUT2D eigenvalue weighted by Gasteiger charge is -2.26. The fourth-order valence-electron chi connectivity index (χ4n) is 2.58. The number of fused-ring (bicyclic) bond motifs is 1. The van der Waals surface area contributed by atoms with Gasteiger partial charge in [-0.1, -0.05) is 12.1 Å². The molecule has 9 nitrogen and oxygen atoms in total. The maximum atomic E-state index is 12.1. The molecule has 0 bridgehead atoms. The second kappa shape index (κ2) is 9.90. The Morgan fingerprint density at radius 1 is 1.03 bits per heavy atom. The van der Waals surface area contributed by atoms with Crippen molar-refractivity contribution in [2.24, 2.45) is 0 Å². The maximum absolute atomic E-state index is 12.1. The third-order valence-electron chi connectivity index (χ3n) is 3.97. The lowest BCUT2D eigenvalue weighted by molar-refractivity contribution is -0.274. The minimum absolute atomic E-state index is 0.0551. The molecule has 2 aromatic carbocycles. The van der Waals surface area contributed by atoms with E-state index in [9.17, 15) is 27.6 Å². The molecule has 12 heteroatoms. The number of hydrogen-bond acceptors (Lipinski definition) is 7. The maximum Gasteiger partial charge on any atom is 0.573 e. The average Bonchev–Trinajstić information content (AvgIpc) is 2.75. The summed E-state index contributed by atoms with van der Waals surface area (Å²) in [6.45, 7) is -0.515. The third-order valence-corrected chi connectivity index (χ3v) is 3.97. The average molecular weight is 454 g/mol. The number of rotatable bonds is 6. The van der Waals surface area contributed by atoms with Gasteiger partial charge in [-0.3, -0.25) is 10.1 Å². The zero-order valence-electron chi connectivity index (χ0n) is 16.3. The van der Waals surface area contributed by atoms with Gasteiger partial charge >= 0.3 is 18.4 Å². The number of halogens is 3. The molecule has 3 amide bonds. The number of alkyl halides is 3. The van der Waals surface area contributed by atoms with Gasteiger partial charge in [0.2, 0.25) is 0 Å². The van der Waals surface area contributed by atoms with Crippen LogP contribution in [0.5, 0.6) is 17.2 Å². The van der Waals surface area contributed by atoms with Gasteiger partial charge in [0.25, 0.3) is 5.91 Å². The molecule has 0 aromatic heterocycles. The van der Waals surface area contributed by atoms with Crippen molar-refractivity contribution < 1.29 is 46.5 Å². The first-order valence-electron chi connectivity index (χ1n) is 9.19. The summed E-state index contributed by atoms with van der Waals surface area (Å²) >= 11 is 0. The van der Waals surface area contributed by atoms with E-state index in [2.05, 4.69) is 10.1 Å². The molecule has 2 N–H and O–H groups in total. The van der Waals surface area contributed by atoms with Gasteiger partial charge in [0.1, 0.15) is 12.4 Å². The zero-order valence-corrected chi connectivity index (χ0v) is 16.3. The van der Waals surface area contributed by atoms with E-state index in [1.807, 2.05) is 5.32 Å². The molecular formula is C20H17F3N2O7. The molecule has 1 aliphatic heterocycles. The highest BCUT2D eigenvalue weighted by molar-refractivity contribution is 5.97. The first-order valence-corrected chi connectivity index (χ1v) is 9.19. The van der Waals surface area contributed by atoms with E-state index in [4.69, 9.17) is 14.2 Å². The summed E-state index contributed by atoms with van der Waals surface area (Å²) in [6, 6.07) is 10.1. The summed E-state index contributed by atoms with van der Waals surface area (Å²) in [6.07, 6.45) is -5.32. The molecule has 1 unspecified atom stereocenters. The van der Waals surface area contributed by atoms with Crippen molar-refractivity contribution in [1.82, 2.24) is 10.6 Å². The van der Waals surface area contributed by atoms with E-state index < -0.39 is 42.7 Å². The molecule has 2 aromatic rings. The van der Waals surface area contributed by atoms with Crippen molar-refractivity contribution in [2.75, 3.05) is 19.8 Å². The molecule has 0 spiro atoms. The molecule has 0 saturated carbocycles. The highest BCUT2D eigenvalue weighted by atomic mass is 19.4. The lowest BCUT2D eigenvalue weighted by Crippen LogP contribution is -2.46. The Bertz CT molecular complexity index is 980. The van der Waals surface area contributed by atoms with Gasteiger partial charge in [-0.2, -0.15) is 0 Å². The molecule has 32 heavy (non-hydrogen) atoms. The van der Waals surface area contributed by atoms with Crippen LogP contribution in [-0.4, -0.2) is 50.1 Å². The second-order valence-corrected chi connectivity index (χ2v) is 6.40. The molecule has 1 atom stereocenters. The van der Waals surface area contributed by atoms with Gasteiger partial charge < -0.3 is 24.3 Å². The van der Waals surface area contributed by atoms with Crippen molar-refractivity contribution in [3.05, 3.63) is 54.1 Å². The first kappa shape index (κ1) is 22.7. The predicted molar refractivity (Wildman–Crippen MR) is 101 cm³/mol. The van der Waals surface area contributed by atoms with Crippen LogP contribution in [0.2, 0.25) is 0 Å². The van der Waals surface area contributed by atoms with E-state index in [0.29, 0.717) is 11.5 Å². The number of carbonyl (C=O) groups excluding carboxylic acids is 3. The summed E-state index contributed by atoms with van der Waals surface area (Å²) < 4.78 is 56.0. The number of carbonyl (C=O) groups is 3. The van der Waals surface area contributed by atoms with Crippen LogP contribution < -0.4 is 24.8 Å². The normalized spacial score (nSPS) is 14.8. The van der Waals surface area contributed by atoms with E-state index in [1.54, 1.807) is 24.3 Å². The quantitative estimate of drug-likeness (QED) is 0.645. The molecule has 1 heterocycles. The van der Waals surface area contributed by atoms with Gasteiger partial charge in [0, 0.05) is 0 Å². The monoisotopic (exact) mass is 454 g/mol. The number of benzene rings is 2. The van der Waals surface area contributed by atoms with Crippen molar-refractivity contribution in [3.63, 3.8) is 0 Å². The lowest BCUT2D eigenvalue weighted by atomic mass is 10.2. The Labute approximate surface area is 179 Å². The molecule has 0 fully saturated rings. The standard InChI is InChI=1S/C20H17F3N2O7/c21-20(22,23)32-13-7-5-12(6-8-13)18(27)30-11-17(26)25-19(28)24-9-14-10-29-15-3-1-2-4-16(15)31-14/h1-8,14H,9-11H2,(H2,24,25,26,28). The van der Waals surface area contributed by atoms with Crippen LogP contribution in [0.3, 0.4) is 0 Å². The largest absolute Gasteiger partial charge is 0.573 e. The Morgan fingerprint density at radius 2 is 1.72 bits per heavy atom. The summed E-state index contributed by atoms with van der Waals surface area (Å²) in [7, 11) is 0. The van der Waals surface area contributed by atoms with Crippen molar-refractivity contribution in [1.29, 1.82) is 0 Å². The topological polar surface area (TPSA) is 112 Å². The number of amides is 3. The van der Waals surface area contributed by atoms with E-state index in [1.165, 1.54) is 0 Å². The number of urea groups is 1. The van der Waals surface area contributed by atoms with Gasteiger partial charge in [-0.15, -0.1) is 13.2 Å². The van der Waals surface area contributed by atoms with Crippen molar-refractivity contribution >= 4 is 17.9 Å². The van der Waals surface area contributed by atoms with Crippen LogP contribution in [0.4, 0.5) is 18.0 Å². The van der Waals surface area contributed by atoms with Crippen LogP contribution >= 0.6 is 0 Å². The smallest absolute Gasteiger partial charge is 0.486 e. The Balaban J connectivity index is 1.37. The van der Waals surface area contributed by atoms with Crippen LogP contribution in [0.25, 0.3) is 0 Å². The second-order valence-electron chi connectivity index (χ2n) is 6.40. The Kier molecular flexibility index (Phi) is 7.03. The van der Waals surface area contributed by atoms with Crippen LogP contribution in [0.15, 0.2) is 48.5 Å². The predicted octanol–water partition coefficient (Wildman–Crippen LogP) is 2.41. The summed E-state index contributed by atoms with van der Waals surface area (Å²) in [5.74, 6) is -1.26. The number of para-hydroxylation sites is 2. The zero-order chi connectivity index (χ0) is 23.1. The van der Waals surface area contributed by atoms with Gasteiger partial charge in [0.05, 0.1) is 12.1 Å². The molecule has 0 radical (unpaired) electrons. The van der Waals surface area contributed by atoms with Gasteiger partial charge in [0.15, 0.2) is 24.2 Å². The van der Waals surface area contributed by atoms with Crippen LogP contribution in [-0.2, 0) is 9.53 Å². The minimum Gasteiger partial charge on any atom is -0.486 e. The molecule has 170 valence electrons. The highest BCUT2D eigenvalue weighted by Crippen LogP contribution is 2.30. The fourth-order valence-corrected chi connectivity index (χ4v) is 2.58. The SMILES string of the molecule is O=C(COC(=O)c1ccc(OC(F)(F)F)cc1)NC(=O)NCC1COc2ccccc2O1. The molecule has 0 saturated heterocycles. The third kappa shape index (κ3) is 6.79. The van der Waals surface area contributed by atoms with Crippen LogP contribution in [0, 0.1) is 0 Å². The van der Waals surface area contributed by atoms with Gasteiger partial charge in [-0.25, -0.2) is 9.59 Å². The highest BCUT2D eigenvalue weighted by Gasteiger charge is 2.31. The first-order chi connectivity index (χ1) is 15.2. The molecule has 3 rings (SSSR count). The minimum atomic E-state index is -4.86. The summed E-state index contributed by atoms with van der Waals surface area (Å²) in [5.41, 5.74) is -0.105. The van der Waals surface area contributed by atoms with E-state index in [0.717, 1.165) is 24.3 Å². The van der Waals surface area contributed by atoms with E-state index in [-0.39, 0.29) is 18.7 Å². The number of ether oxygens (including phenoxy) is 4. The number of imide groups is 1. The summed E-state index contributed by atoms with van der Waals surface area (Å²) in [5, 5.41) is 4.41.